The zero-order valence-corrected chi connectivity index (χ0v) is 11.4. The number of carbonyl (C=O) groups excluding carboxylic acids is 1. The number of amides is 1. The van der Waals surface area contributed by atoms with E-state index in [1.165, 1.54) is 0 Å². The second-order valence-electron chi connectivity index (χ2n) is 4.10. The van der Waals surface area contributed by atoms with Crippen molar-refractivity contribution in [2.45, 2.75) is 13.8 Å². The van der Waals surface area contributed by atoms with Crippen LogP contribution in [-0.4, -0.2) is 22.7 Å². The smallest absolute Gasteiger partial charge is 0.262 e. The third-order valence-corrected chi connectivity index (χ3v) is 2.83. The van der Waals surface area contributed by atoms with Crippen molar-refractivity contribution in [3.05, 3.63) is 40.7 Å². The number of benzene rings is 1. The topological polar surface area (TPSA) is 67.0 Å². The highest BCUT2D eigenvalue weighted by Gasteiger charge is 2.10. The minimum atomic E-state index is -0.234. The second-order valence-corrected chi connectivity index (χ2v) is 4.54. The molecule has 6 heteroatoms. The first-order valence-electron chi connectivity index (χ1n) is 5.76. The van der Waals surface area contributed by atoms with Crippen LogP contribution in [0, 0.1) is 13.8 Å². The Labute approximate surface area is 115 Å². The van der Waals surface area contributed by atoms with E-state index in [4.69, 9.17) is 16.3 Å². The van der Waals surface area contributed by atoms with Crippen LogP contribution in [0.15, 0.2) is 24.3 Å². The van der Waals surface area contributed by atoms with Crippen LogP contribution in [0.25, 0.3) is 0 Å². The molecule has 2 rings (SSSR count). The van der Waals surface area contributed by atoms with Crippen molar-refractivity contribution < 1.29 is 9.53 Å². The molecule has 0 aliphatic rings. The van der Waals surface area contributed by atoms with Crippen molar-refractivity contribution in [1.29, 1.82) is 0 Å². The van der Waals surface area contributed by atoms with Gasteiger partial charge in [-0.3, -0.25) is 9.89 Å². The van der Waals surface area contributed by atoms with Gasteiger partial charge in [-0.05, 0) is 38.1 Å². The maximum Gasteiger partial charge on any atom is 0.262 e. The average molecular weight is 280 g/mol. The molecular formula is C13H14ClN3O2. The van der Waals surface area contributed by atoms with E-state index in [1.807, 2.05) is 13.8 Å². The third-order valence-electron chi connectivity index (χ3n) is 2.58. The normalized spacial score (nSPS) is 10.3. The summed E-state index contributed by atoms with van der Waals surface area (Å²) in [6, 6.07) is 6.84. The van der Waals surface area contributed by atoms with E-state index >= 15 is 0 Å². The lowest BCUT2D eigenvalue weighted by Gasteiger charge is -2.07. The molecule has 100 valence electrons. The van der Waals surface area contributed by atoms with E-state index in [2.05, 4.69) is 15.5 Å². The molecule has 5 nitrogen and oxygen atoms in total. The number of ether oxygens (including phenoxy) is 1. The van der Waals surface area contributed by atoms with Gasteiger partial charge in [0.2, 0.25) is 0 Å². The van der Waals surface area contributed by atoms with Crippen LogP contribution in [0.1, 0.15) is 11.4 Å². The quantitative estimate of drug-likeness (QED) is 0.904. The minimum absolute atomic E-state index is 0.0638. The summed E-state index contributed by atoms with van der Waals surface area (Å²) in [5.74, 6) is 0.364. The van der Waals surface area contributed by atoms with Gasteiger partial charge in [0.25, 0.3) is 5.91 Å². The number of rotatable bonds is 4. The Morgan fingerprint density at radius 1 is 1.37 bits per heavy atom. The molecule has 0 unspecified atom stereocenters. The van der Waals surface area contributed by atoms with Crippen LogP contribution < -0.4 is 10.1 Å². The highest BCUT2D eigenvalue weighted by Crippen LogP contribution is 2.17. The maximum absolute atomic E-state index is 11.8. The number of aromatic nitrogens is 2. The van der Waals surface area contributed by atoms with E-state index in [0.29, 0.717) is 16.5 Å². The SMILES string of the molecule is Cc1n[nH]c(C)c1NC(=O)COc1ccc(Cl)cc1. The molecule has 1 aromatic heterocycles. The Hall–Kier alpha value is -2.01. The van der Waals surface area contributed by atoms with E-state index in [9.17, 15) is 4.79 Å². The molecular weight excluding hydrogens is 266 g/mol. The fraction of sp³-hybridized carbons (Fsp3) is 0.231. The molecule has 0 aliphatic heterocycles. The van der Waals surface area contributed by atoms with Gasteiger partial charge in [0.15, 0.2) is 6.61 Å². The molecule has 0 radical (unpaired) electrons. The zero-order chi connectivity index (χ0) is 13.8. The Bertz CT molecular complexity index is 559. The molecule has 0 spiro atoms. The minimum Gasteiger partial charge on any atom is -0.484 e. The zero-order valence-electron chi connectivity index (χ0n) is 10.7. The van der Waals surface area contributed by atoms with Gasteiger partial charge < -0.3 is 10.1 Å². The third kappa shape index (κ3) is 3.48. The van der Waals surface area contributed by atoms with Crippen molar-refractivity contribution in [3.8, 4) is 5.75 Å². The van der Waals surface area contributed by atoms with Crippen molar-refractivity contribution in [1.82, 2.24) is 10.2 Å². The van der Waals surface area contributed by atoms with Crippen LogP contribution >= 0.6 is 11.6 Å². The number of nitrogens with zero attached hydrogens (tertiary/aromatic N) is 1. The molecule has 1 amide bonds. The Kier molecular flexibility index (Phi) is 4.06. The van der Waals surface area contributed by atoms with Gasteiger partial charge in [0, 0.05) is 5.02 Å². The molecule has 0 aliphatic carbocycles. The lowest BCUT2D eigenvalue weighted by Crippen LogP contribution is -2.20. The van der Waals surface area contributed by atoms with Gasteiger partial charge in [-0.1, -0.05) is 11.6 Å². The number of carbonyl (C=O) groups is 1. The van der Waals surface area contributed by atoms with Crippen LogP contribution in [0.4, 0.5) is 5.69 Å². The first-order valence-corrected chi connectivity index (χ1v) is 6.14. The monoisotopic (exact) mass is 279 g/mol. The van der Waals surface area contributed by atoms with Crippen molar-refractivity contribution in [2.75, 3.05) is 11.9 Å². The lowest BCUT2D eigenvalue weighted by molar-refractivity contribution is -0.118. The average Bonchev–Trinajstić information content (AvgIpc) is 2.70. The summed E-state index contributed by atoms with van der Waals surface area (Å²) < 4.78 is 5.35. The van der Waals surface area contributed by atoms with Gasteiger partial charge in [0.1, 0.15) is 5.75 Å². The Morgan fingerprint density at radius 3 is 2.63 bits per heavy atom. The fourth-order valence-corrected chi connectivity index (χ4v) is 1.72. The molecule has 0 saturated heterocycles. The number of anilines is 1. The van der Waals surface area contributed by atoms with Crippen LogP contribution in [0.3, 0.4) is 0 Å². The number of hydrogen-bond donors (Lipinski definition) is 2. The molecule has 1 aromatic carbocycles. The summed E-state index contributed by atoms with van der Waals surface area (Å²) in [6.45, 7) is 3.60. The van der Waals surface area contributed by atoms with E-state index in [-0.39, 0.29) is 12.5 Å². The summed E-state index contributed by atoms with van der Waals surface area (Å²) in [5, 5.41) is 10.2. The first kappa shape index (κ1) is 13.4. The van der Waals surface area contributed by atoms with E-state index in [0.717, 1.165) is 11.4 Å². The second kappa shape index (κ2) is 5.75. The largest absolute Gasteiger partial charge is 0.484 e. The van der Waals surface area contributed by atoms with Gasteiger partial charge in [-0.2, -0.15) is 5.10 Å². The fourth-order valence-electron chi connectivity index (χ4n) is 1.59. The van der Waals surface area contributed by atoms with Gasteiger partial charge in [0.05, 0.1) is 17.1 Å². The van der Waals surface area contributed by atoms with Crippen molar-refractivity contribution in [3.63, 3.8) is 0 Å². The summed E-state index contributed by atoms with van der Waals surface area (Å²) in [5.41, 5.74) is 2.26. The Morgan fingerprint density at radius 2 is 2.05 bits per heavy atom. The van der Waals surface area contributed by atoms with Crippen molar-refractivity contribution in [2.24, 2.45) is 0 Å². The molecule has 19 heavy (non-hydrogen) atoms. The molecule has 0 atom stereocenters. The number of H-pyrrole nitrogens is 1. The molecule has 2 aromatic rings. The lowest BCUT2D eigenvalue weighted by atomic mass is 10.3. The number of aromatic amines is 1. The number of nitrogens with one attached hydrogen (secondary N) is 2. The van der Waals surface area contributed by atoms with Crippen LogP contribution in [-0.2, 0) is 4.79 Å². The summed E-state index contributed by atoms with van der Waals surface area (Å²) in [7, 11) is 0. The Balaban J connectivity index is 1.90. The summed E-state index contributed by atoms with van der Waals surface area (Å²) in [4.78, 5) is 11.8. The molecule has 0 saturated carbocycles. The first-order chi connectivity index (χ1) is 9.06. The number of aryl methyl sites for hydroxylation is 2. The molecule has 0 fully saturated rings. The molecule has 2 N–H and O–H groups in total. The highest BCUT2D eigenvalue weighted by atomic mass is 35.5. The van der Waals surface area contributed by atoms with Gasteiger partial charge >= 0.3 is 0 Å². The standard InChI is InChI=1S/C13H14ClN3O2/c1-8-13(9(2)17-16-8)15-12(18)7-19-11-5-3-10(14)4-6-11/h3-6H,7H2,1-2H3,(H,15,18)(H,16,17). The summed E-state index contributed by atoms with van der Waals surface area (Å²) in [6.07, 6.45) is 0. The maximum atomic E-state index is 11.8. The molecule has 1 heterocycles. The highest BCUT2D eigenvalue weighted by molar-refractivity contribution is 6.30. The molecule has 0 bridgehead atoms. The van der Waals surface area contributed by atoms with Crippen LogP contribution in [0.5, 0.6) is 5.75 Å². The van der Waals surface area contributed by atoms with Gasteiger partial charge in [-0.15, -0.1) is 0 Å². The number of hydrogen-bond acceptors (Lipinski definition) is 3. The van der Waals surface area contributed by atoms with Crippen molar-refractivity contribution >= 4 is 23.2 Å². The van der Waals surface area contributed by atoms with E-state index < -0.39 is 0 Å². The van der Waals surface area contributed by atoms with E-state index in [1.54, 1.807) is 24.3 Å². The number of halogens is 1. The summed E-state index contributed by atoms with van der Waals surface area (Å²) >= 11 is 5.76. The predicted molar refractivity (Wildman–Crippen MR) is 73.6 cm³/mol. The predicted octanol–water partition coefficient (Wildman–Crippen LogP) is 2.70. The van der Waals surface area contributed by atoms with Gasteiger partial charge in [-0.25, -0.2) is 0 Å². The van der Waals surface area contributed by atoms with Crippen LogP contribution in [0.2, 0.25) is 5.02 Å².